The van der Waals surface area contributed by atoms with E-state index in [1.807, 2.05) is 13.8 Å². The Balaban J connectivity index is 0.000000686. The second kappa shape index (κ2) is 4.77. The first-order valence-corrected chi connectivity index (χ1v) is 5.38. The summed E-state index contributed by atoms with van der Waals surface area (Å²) in [4.78, 5) is 11.0. The molecule has 2 nitrogen and oxygen atoms in total. The summed E-state index contributed by atoms with van der Waals surface area (Å²) >= 11 is 0. The maximum atomic E-state index is 12.6. The van der Waals surface area contributed by atoms with E-state index in [9.17, 15) is 18.0 Å². The first-order chi connectivity index (χ1) is 7.88. The van der Waals surface area contributed by atoms with Gasteiger partial charge in [0.2, 0.25) is 5.91 Å². The lowest BCUT2D eigenvalue weighted by Gasteiger charge is -2.12. The van der Waals surface area contributed by atoms with Crippen molar-refractivity contribution >= 4 is 11.6 Å². The Morgan fingerprint density at radius 3 is 2.35 bits per heavy atom. The number of halogens is 3. The lowest BCUT2D eigenvalue weighted by atomic mass is 10.0. The maximum Gasteiger partial charge on any atom is 0.418 e. The van der Waals surface area contributed by atoms with Crippen molar-refractivity contribution in [3.8, 4) is 0 Å². The molecule has 0 spiro atoms. The molecule has 17 heavy (non-hydrogen) atoms. The predicted octanol–water partition coefficient (Wildman–Crippen LogP) is 3.53. The molecule has 2 rings (SSSR count). The molecule has 0 aromatic heterocycles. The van der Waals surface area contributed by atoms with Crippen molar-refractivity contribution in [3.63, 3.8) is 0 Å². The summed E-state index contributed by atoms with van der Waals surface area (Å²) in [5.74, 6) is -0.388. The molecular formula is C12H14F3NO. The Labute approximate surface area is 97.8 Å². The minimum absolute atomic E-state index is 0.0279. The number of benzene rings is 1. The van der Waals surface area contributed by atoms with Crippen LogP contribution in [-0.2, 0) is 17.4 Å². The second-order valence-corrected chi connectivity index (χ2v) is 3.57. The predicted molar refractivity (Wildman–Crippen MR) is 59.9 cm³/mol. The molecule has 1 aromatic carbocycles. The number of amides is 1. The van der Waals surface area contributed by atoms with E-state index < -0.39 is 11.7 Å². The molecule has 1 heterocycles. The van der Waals surface area contributed by atoms with Crippen LogP contribution < -0.4 is 5.32 Å². The summed E-state index contributed by atoms with van der Waals surface area (Å²) in [6, 6.07) is 2.65. The molecule has 1 N–H and O–H groups in total. The molecular weight excluding hydrogens is 231 g/mol. The molecule has 0 saturated heterocycles. The molecule has 0 saturated carbocycles. The van der Waals surface area contributed by atoms with Gasteiger partial charge in [-0.3, -0.25) is 4.79 Å². The largest absolute Gasteiger partial charge is 0.418 e. The molecule has 0 atom stereocenters. The number of aryl methyl sites for hydroxylation is 1. The van der Waals surface area contributed by atoms with Gasteiger partial charge in [0, 0.05) is 0 Å². The Bertz CT molecular complexity index is 438. The summed E-state index contributed by atoms with van der Waals surface area (Å²) in [6.45, 7) is 5.58. The summed E-state index contributed by atoms with van der Waals surface area (Å²) in [5.41, 5.74) is 0.0892. The third-order valence-corrected chi connectivity index (χ3v) is 2.29. The summed E-state index contributed by atoms with van der Waals surface area (Å²) in [5, 5.41) is 2.24. The number of carbonyl (C=O) groups excluding carboxylic acids is 1. The molecule has 0 bridgehead atoms. The van der Waals surface area contributed by atoms with E-state index >= 15 is 0 Å². The summed E-state index contributed by atoms with van der Waals surface area (Å²) < 4.78 is 37.8. The highest BCUT2D eigenvalue weighted by Crippen LogP contribution is 2.39. The van der Waals surface area contributed by atoms with Gasteiger partial charge in [0.15, 0.2) is 0 Å². The maximum absolute atomic E-state index is 12.6. The van der Waals surface area contributed by atoms with Crippen LogP contribution in [0.5, 0.6) is 0 Å². The van der Waals surface area contributed by atoms with Gasteiger partial charge >= 0.3 is 6.18 Å². The molecule has 1 aliphatic rings. The standard InChI is InChI=1S/C10H8F3NO.C2H6/c1-5-2-6-4-8(15)14-9(6)7(3-5)10(11,12)13;1-2/h2-3H,4H2,1H3,(H,14,15);1-2H3. The number of alkyl halides is 3. The van der Waals surface area contributed by atoms with Gasteiger partial charge in [-0.25, -0.2) is 0 Å². The van der Waals surface area contributed by atoms with Crippen molar-refractivity contribution in [2.45, 2.75) is 33.4 Å². The monoisotopic (exact) mass is 245 g/mol. The molecule has 1 amide bonds. The SMILES string of the molecule is CC.Cc1cc2c(c(C(F)(F)F)c1)NC(=O)C2. The highest BCUT2D eigenvalue weighted by Gasteiger charge is 2.37. The zero-order chi connectivity index (χ0) is 13.2. The van der Waals surface area contributed by atoms with Crippen LogP contribution >= 0.6 is 0 Å². The first kappa shape index (κ1) is 13.5. The van der Waals surface area contributed by atoms with E-state index in [4.69, 9.17) is 0 Å². The van der Waals surface area contributed by atoms with Crippen LogP contribution in [0.4, 0.5) is 18.9 Å². The Morgan fingerprint density at radius 1 is 1.24 bits per heavy atom. The number of nitrogens with one attached hydrogen (secondary N) is 1. The van der Waals surface area contributed by atoms with Crippen LogP contribution in [0.1, 0.15) is 30.5 Å². The van der Waals surface area contributed by atoms with E-state index in [0.717, 1.165) is 6.07 Å². The van der Waals surface area contributed by atoms with E-state index in [1.165, 1.54) is 0 Å². The van der Waals surface area contributed by atoms with Gasteiger partial charge in [-0.1, -0.05) is 25.5 Å². The Hall–Kier alpha value is -1.52. The van der Waals surface area contributed by atoms with E-state index in [-0.39, 0.29) is 18.0 Å². The number of anilines is 1. The fourth-order valence-corrected chi connectivity index (χ4v) is 1.73. The first-order valence-electron chi connectivity index (χ1n) is 5.38. The van der Waals surface area contributed by atoms with Crippen molar-refractivity contribution < 1.29 is 18.0 Å². The van der Waals surface area contributed by atoms with Crippen LogP contribution in [0.25, 0.3) is 0 Å². The van der Waals surface area contributed by atoms with Crippen molar-refractivity contribution in [3.05, 3.63) is 28.8 Å². The minimum Gasteiger partial charge on any atom is -0.325 e. The van der Waals surface area contributed by atoms with E-state index in [1.54, 1.807) is 13.0 Å². The average Bonchev–Trinajstić information content (AvgIpc) is 2.58. The van der Waals surface area contributed by atoms with E-state index in [0.29, 0.717) is 11.1 Å². The van der Waals surface area contributed by atoms with Crippen LogP contribution in [0.15, 0.2) is 12.1 Å². The van der Waals surface area contributed by atoms with Crippen molar-refractivity contribution in [1.29, 1.82) is 0 Å². The van der Waals surface area contributed by atoms with Gasteiger partial charge in [-0.2, -0.15) is 13.2 Å². The average molecular weight is 245 g/mol. The number of carbonyl (C=O) groups is 1. The van der Waals surface area contributed by atoms with Crippen LogP contribution in [0.3, 0.4) is 0 Å². The highest BCUT2D eigenvalue weighted by atomic mass is 19.4. The fraction of sp³-hybridized carbons (Fsp3) is 0.417. The molecule has 0 unspecified atom stereocenters. The number of fused-ring (bicyclic) bond motifs is 1. The minimum atomic E-state index is -4.42. The van der Waals surface area contributed by atoms with E-state index in [2.05, 4.69) is 5.32 Å². The number of rotatable bonds is 0. The quantitative estimate of drug-likeness (QED) is 0.744. The van der Waals surface area contributed by atoms with Crippen LogP contribution in [0, 0.1) is 6.92 Å². The third kappa shape index (κ3) is 2.78. The molecule has 0 radical (unpaired) electrons. The zero-order valence-corrected chi connectivity index (χ0v) is 9.90. The fourth-order valence-electron chi connectivity index (χ4n) is 1.73. The third-order valence-electron chi connectivity index (χ3n) is 2.29. The molecule has 0 aliphatic carbocycles. The molecule has 94 valence electrons. The lowest BCUT2D eigenvalue weighted by molar-refractivity contribution is -0.137. The molecule has 1 aromatic rings. The topological polar surface area (TPSA) is 29.1 Å². The van der Waals surface area contributed by atoms with Gasteiger partial charge < -0.3 is 5.32 Å². The molecule has 0 fully saturated rings. The second-order valence-electron chi connectivity index (χ2n) is 3.57. The van der Waals surface area contributed by atoms with Crippen LogP contribution in [0.2, 0.25) is 0 Å². The van der Waals surface area contributed by atoms with Gasteiger partial charge in [0.1, 0.15) is 0 Å². The molecule has 1 aliphatic heterocycles. The number of hydrogen-bond acceptors (Lipinski definition) is 1. The molecule has 5 heteroatoms. The van der Waals surface area contributed by atoms with Crippen LogP contribution in [-0.4, -0.2) is 5.91 Å². The van der Waals surface area contributed by atoms with Crippen molar-refractivity contribution in [2.24, 2.45) is 0 Å². The van der Waals surface area contributed by atoms with Gasteiger partial charge in [0.25, 0.3) is 0 Å². The van der Waals surface area contributed by atoms with Gasteiger partial charge in [-0.15, -0.1) is 0 Å². The lowest BCUT2D eigenvalue weighted by Crippen LogP contribution is -2.11. The highest BCUT2D eigenvalue weighted by molar-refractivity contribution is 6.00. The summed E-state index contributed by atoms with van der Waals surface area (Å²) in [7, 11) is 0. The summed E-state index contributed by atoms with van der Waals surface area (Å²) in [6.07, 6.45) is -4.40. The Kier molecular flexibility index (Phi) is 3.80. The van der Waals surface area contributed by atoms with Gasteiger partial charge in [-0.05, 0) is 18.6 Å². The Morgan fingerprint density at radius 2 is 1.82 bits per heavy atom. The number of hydrogen-bond donors (Lipinski definition) is 1. The van der Waals surface area contributed by atoms with Gasteiger partial charge in [0.05, 0.1) is 17.7 Å². The van der Waals surface area contributed by atoms with Crippen molar-refractivity contribution in [2.75, 3.05) is 5.32 Å². The normalized spacial score (nSPS) is 13.6. The zero-order valence-electron chi connectivity index (χ0n) is 9.90. The van der Waals surface area contributed by atoms with Crippen molar-refractivity contribution in [1.82, 2.24) is 0 Å². The smallest absolute Gasteiger partial charge is 0.325 e.